The van der Waals surface area contributed by atoms with E-state index in [0.29, 0.717) is 12.2 Å². The fraction of sp³-hybridized carbons (Fsp3) is 0.625. The van der Waals surface area contributed by atoms with Crippen molar-refractivity contribution in [2.24, 2.45) is 5.73 Å². The number of amides is 1. The number of rotatable bonds is 4. The highest BCUT2D eigenvalue weighted by molar-refractivity contribution is 5.73. The van der Waals surface area contributed by atoms with Crippen LogP contribution in [-0.4, -0.2) is 26.0 Å². The highest BCUT2D eigenvalue weighted by Gasteiger charge is 2.19. The Morgan fingerprint density at radius 1 is 1.71 bits per heavy atom. The van der Waals surface area contributed by atoms with Crippen molar-refractivity contribution in [2.75, 3.05) is 0 Å². The molecule has 0 saturated carbocycles. The van der Waals surface area contributed by atoms with E-state index < -0.39 is 5.60 Å². The molecule has 1 aromatic rings. The number of aliphatic hydroxyl groups is 1. The highest BCUT2D eigenvalue weighted by atomic mass is 16.3. The van der Waals surface area contributed by atoms with Gasteiger partial charge in [0.25, 0.3) is 0 Å². The van der Waals surface area contributed by atoms with E-state index >= 15 is 0 Å². The van der Waals surface area contributed by atoms with Crippen LogP contribution in [0.5, 0.6) is 0 Å². The third-order valence-corrected chi connectivity index (χ3v) is 1.75. The van der Waals surface area contributed by atoms with Crippen molar-refractivity contribution in [1.82, 2.24) is 15.0 Å². The van der Waals surface area contributed by atoms with Gasteiger partial charge in [-0.25, -0.2) is 0 Å². The van der Waals surface area contributed by atoms with Crippen LogP contribution in [0.25, 0.3) is 0 Å². The van der Waals surface area contributed by atoms with Gasteiger partial charge < -0.3 is 10.8 Å². The van der Waals surface area contributed by atoms with Gasteiger partial charge in [-0.1, -0.05) is 5.21 Å². The van der Waals surface area contributed by atoms with Crippen molar-refractivity contribution in [3.05, 3.63) is 11.9 Å². The molecule has 0 atom stereocenters. The van der Waals surface area contributed by atoms with E-state index in [4.69, 9.17) is 5.73 Å². The van der Waals surface area contributed by atoms with E-state index in [0.717, 1.165) is 0 Å². The number of hydrogen-bond acceptors (Lipinski definition) is 4. The molecular formula is C8H14N4O2. The number of aryl methyl sites for hydroxylation is 1. The lowest BCUT2D eigenvalue weighted by Gasteiger charge is -2.11. The van der Waals surface area contributed by atoms with Crippen molar-refractivity contribution in [3.63, 3.8) is 0 Å². The largest absolute Gasteiger partial charge is 0.384 e. The maximum absolute atomic E-state index is 10.5. The van der Waals surface area contributed by atoms with Gasteiger partial charge in [0.2, 0.25) is 5.91 Å². The molecule has 0 radical (unpaired) electrons. The van der Waals surface area contributed by atoms with Crippen LogP contribution in [0.3, 0.4) is 0 Å². The Bertz CT molecular complexity index is 326. The Morgan fingerprint density at radius 3 is 2.79 bits per heavy atom. The van der Waals surface area contributed by atoms with E-state index in [9.17, 15) is 9.90 Å². The SMILES string of the molecule is CC(C)(O)c1cn(CCC(N)=O)nn1. The standard InChI is InChI=1S/C8H14N4O2/c1-8(2,14)6-5-12(11-10-6)4-3-7(9)13/h5,14H,3-4H2,1-2H3,(H2,9,13). The molecule has 0 aliphatic heterocycles. The molecule has 0 fully saturated rings. The predicted molar refractivity (Wildman–Crippen MR) is 49.1 cm³/mol. The molecule has 0 aromatic carbocycles. The monoisotopic (exact) mass is 198 g/mol. The van der Waals surface area contributed by atoms with E-state index in [1.807, 2.05) is 0 Å². The lowest BCUT2D eigenvalue weighted by Crippen LogP contribution is -2.16. The normalized spacial score (nSPS) is 11.6. The minimum absolute atomic E-state index is 0.217. The first-order valence-electron chi connectivity index (χ1n) is 4.31. The van der Waals surface area contributed by atoms with Gasteiger partial charge in [0.1, 0.15) is 11.3 Å². The molecule has 6 heteroatoms. The molecule has 3 N–H and O–H groups in total. The lowest BCUT2D eigenvalue weighted by molar-refractivity contribution is -0.118. The summed E-state index contributed by atoms with van der Waals surface area (Å²) in [6.07, 6.45) is 1.82. The van der Waals surface area contributed by atoms with Crippen molar-refractivity contribution in [3.8, 4) is 0 Å². The van der Waals surface area contributed by atoms with Crippen LogP contribution < -0.4 is 5.73 Å². The van der Waals surface area contributed by atoms with Crippen LogP contribution >= 0.6 is 0 Å². The summed E-state index contributed by atoms with van der Waals surface area (Å²) in [4.78, 5) is 10.5. The third-order valence-electron chi connectivity index (χ3n) is 1.75. The van der Waals surface area contributed by atoms with Gasteiger partial charge in [0.15, 0.2) is 0 Å². The van der Waals surface area contributed by atoms with Gasteiger partial charge in [0, 0.05) is 6.42 Å². The number of hydrogen-bond donors (Lipinski definition) is 2. The zero-order valence-corrected chi connectivity index (χ0v) is 8.27. The molecule has 0 spiro atoms. The van der Waals surface area contributed by atoms with Crippen molar-refractivity contribution in [2.45, 2.75) is 32.4 Å². The number of nitrogens with two attached hydrogens (primary N) is 1. The quantitative estimate of drug-likeness (QED) is 0.674. The van der Waals surface area contributed by atoms with Crippen LogP contribution in [0, 0.1) is 0 Å². The molecule has 78 valence electrons. The second-order valence-corrected chi connectivity index (χ2v) is 3.64. The van der Waals surface area contributed by atoms with E-state index in [1.54, 1.807) is 20.0 Å². The van der Waals surface area contributed by atoms with Crippen molar-refractivity contribution in [1.29, 1.82) is 0 Å². The molecular weight excluding hydrogens is 184 g/mol. The third kappa shape index (κ3) is 2.81. The van der Waals surface area contributed by atoms with Crippen LogP contribution in [0.2, 0.25) is 0 Å². The number of carbonyl (C=O) groups is 1. The molecule has 0 bridgehead atoms. The van der Waals surface area contributed by atoms with Gasteiger partial charge in [-0.05, 0) is 13.8 Å². The Hall–Kier alpha value is -1.43. The summed E-state index contributed by atoms with van der Waals surface area (Å²) in [5.41, 5.74) is 4.45. The molecule has 0 unspecified atom stereocenters. The molecule has 6 nitrogen and oxygen atoms in total. The summed E-state index contributed by atoms with van der Waals surface area (Å²) in [5.74, 6) is -0.384. The van der Waals surface area contributed by atoms with Gasteiger partial charge in [0.05, 0.1) is 12.7 Å². The summed E-state index contributed by atoms with van der Waals surface area (Å²) in [6.45, 7) is 3.63. The fourth-order valence-corrected chi connectivity index (χ4v) is 0.913. The molecule has 0 saturated heterocycles. The Balaban J connectivity index is 2.64. The maximum atomic E-state index is 10.5. The van der Waals surface area contributed by atoms with Gasteiger partial charge >= 0.3 is 0 Å². The average molecular weight is 198 g/mol. The summed E-state index contributed by atoms with van der Waals surface area (Å²) < 4.78 is 1.48. The molecule has 1 heterocycles. The second kappa shape index (κ2) is 3.75. The van der Waals surface area contributed by atoms with Crippen LogP contribution in [0.1, 0.15) is 26.0 Å². The Kier molecular flexibility index (Phi) is 2.85. The van der Waals surface area contributed by atoms with Crippen molar-refractivity contribution < 1.29 is 9.90 Å². The summed E-state index contributed by atoms with van der Waals surface area (Å²) in [5, 5.41) is 17.1. The minimum atomic E-state index is -1.01. The maximum Gasteiger partial charge on any atom is 0.219 e. The van der Waals surface area contributed by atoms with Crippen LogP contribution in [0.15, 0.2) is 6.20 Å². The molecule has 14 heavy (non-hydrogen) atoms. The van der Waals surface area contributed by atoms with Gasteiger partial charge in [-0.15, -0.1) is 5.10 Å². The minimum Gasteiger partial charge on any atom is -0.384 e. The summed E-state index contributed by atoms with van der Waals surface area (Å²) in [6, 6.07) is 0. The Labute approximate surface area is 81.7 Å². The molecule has 1 rings (SSSR count). The second-order valence-electron chi connectivity index (χ2n) is 3.64. The van der Waals surface area contributed by atoms with Crippen LogP contribution in [0.4, 0.5) is 0 Å². The molecule has 0 aliphatic rings. The van der Waals surface area contributed by atoms with Crippen molar-refractivity contribution >= 4 is 5.91 Å². The topological polar surface area (TPSA) is 94.0 Å². The van der Waals surface area contributed by atoms with Crippen LogP contribution in [-0.2, 0) is 16.9 Å². The molecule has 1 amide bonds. The van der Waals surface area contributed by atoms with E-state index in [2.05, 4.69) is 10.3 Å². The molecule has 0 aliphatic carbocycles. The zero-order valence-electron chi connectivity index (χ0n) is 8.27. The first-order chi connectivity index (χ1) is 6.39. The molecule has 1 aromatic heterocycles. The Morgan fingerprint density at radius 2 is 2.36 bits per heavy atom. The number of aromatic nitrogens is 3. The first-order valence-corrected chi connectivity index (χ1v) is 4.31. The van der Waals surface area contributed by atoms with E-state index in [1.165, 1.54) is 4.68 Å². The fourth-order valence-electron chi connectivity index (χ4n) is 0.913. The predicted octanol–water partition coefficient (Wildman–Crippen LogP) is -0.619. The zero-order chi connectivity index (χ0) is 10.8. The average Bonchev–Trinajstić information content (AvgIpc) is 2.47. The smallest absolute Gasteiger partial charge is 0.219 e. The number of carbonyl (C=O) groups excluding carboxylic acids is 1. The first kappa shape index (κ1) is 10.6. The van der Waals surface area contributed by atoms with E-state index in [-0.39, 0.29) is 12.3 Å². The van der Waals surface area contributed by atoms with Gasteiger partial charge in [-0.2, -0.15) is 0 Å². The number of nitrogens with zero attached hydrogens (tertiary/aromatic N) is 3. The van der Waals surface area contributed by atoms with Gasteiger partial charge in [-0.3, -0.25) is 9.48 Å². The highest BCUT2D eigenvalue weighted by Crippen LogP contribution is 2.15. The summed E-state index contributed by atoms with van der Waals surface area (Å²) >= 11 is 0. The number of primary amides is 1. The lowest BCUT2D eigenvalue weighted by atomic mass is 10.1. The summed E-state index contributed by atoms with van der Waals surface area (Å²) in [7, 11) is 0.